The summed E-state index contributed by atoms with van der Waals surface area (Å²) < 4.78 is 1.49. The van der Waals surface area contributed by atoms with E-state index in [1.54, 1.807) is 5.20 Å². The van der Waals surface area contributed by atoms with Crippen molar-refractivity contribution in [3.8, 4) is 0 Å². The van der Waals surface area contributed by atoms with Gasteiger partial charge in [0, 0.05) is 0 Å². The summed E-state index contributed by atoms with van der Waals surface area (Å²) in [5, 5.41) is 6.23. The van der Waals surface area contributed by atoms with Crippen molar-refractivity contribution < 1.29 is 57.7 Å². The molecule has 0 atom stereocenters. The third kappa shape index (κ3) is 5.98. The number of halogens is 3. The van der Waals surface area contributed by atoms with E-state index in [-0.39, 0.29) is 37.2 Å². The molecule has 1 aliphatic rings. The van der Waals surface area contributed by atoms with Gasteiger partial charge in [-0.1, -0.05) is 0 Å². The zero-order chi connectivity index (χ0) is 24.1. The van der Waals surface area contributed by atoms with Crippen molar-refractivity contribution in [1.29, 1.82) is 0 Å². The molecule has 0 aromatic heterocycles. The molecule has 36 heavy (non-hydrogen) atoms. The van der Waals surface area contributed by atoms with E-state index in [1.807, 2.05) is 0 Å². The Morgan fingerprint density at radius 2 is 0.778 bits per heavy atom. The van der Waals surface area contributed by atoms with Gasteiger partial charge in [-0.25, -0.2) is 0 Å². The fourth-order valence-electron chi connectivity index (χ4n) is 5.97. The van der Waals surface area contributed by atoms with Crippen LogP contribution in [0, 0.1) is 41.5 Å². The second-order valence-electron chi connectivity index (χ2n) is 10.3. The van der Waals surface area contributed by atoms with Crippen LogP contribution in [0.3, 0.4) is 0 Å². The predicted molar refractivity (Wildman–Crippen MR) is 142 cm³/mol. The van der Waals surface area contributed by atoms with Crippen LogP contribution in [0.4, 0.5) is 0 Å². The minimum Gasteiger partial charge on any atom is -1.00 e. The van der Waals surface area contributed by atoms with Crippen LogP contribution in [0.5, 0.6) is 0 Å². The van der Waals surface area contributed by atoms with E-state index in [1.165, 1.54) is 64.0 Å². The minimum absolute atomic E-state index is 0. The summed E-state index contributed by atoms with van der Waals surface area (Å²) in [5.41, 5.74) is 11.2. The van der Waals surface area contributed by atoms with E-state index in [0.717, 1.165) is 6.42 Å². The van der Waals surface area contributed by atoms with Crippen LogP contribution in [0.2, 0.25) is 0 Å². The van der Waals surface area contributed by atoms with Crippen molar-refractivity contribution in [1.82, 2.24) is 0 Å². The van der Waals surface area contributed by atoms with Crippen LogP contribution in [0.1, 0.15) is 53.6 Å². The van der Waals surface area contributed by atoms with Crippen LogP contribution in [-0.4, -0.2) is 8.07 Å². The normalized spacial score (nSPS) is 13.3. The molecule has 0 unspecified atom stereocenters. The van der Waals surface area contributed by atoms with Gasteiger partial charge in [-0.05, 0) is 0 Å². The van der Waals surface area contributed by atoms with E-state index >= 15 is 0 Å². The largest absolute Gasteiger partial charge is 1.00 e. The van der Waals surface area contributed by atoms with Crippen LogP contribution in [0.25, 0.3) is 0 Å². The molecule has 0 nitrogen and oxygen atoms in total. The SMILES string of the molecule is CC1=[C]([Ti+3])C(C)=C([Si](c2cc(C)cc(C)c2)(c2cc(C)cc(C)c2)c2cc(C)cc(C)c2)C1.[Cl-].[Cl-].[Cl-]. The molecule has 0 bridgehead atoms. The molecule has 0 saturated heterocycles. The summed E-state index contributed by atoms with van der Waals surface area (Å²) in [6.45, 7) is 18.2. The zero-order valence-corrected chi connectivity index (χ0v) is 27.4. The molecule has 3 aromatic rings. The van der Waals surface area contributed by atoms with Crippen molar-refractivity contribution in [2.24, 2.45) is 0 Å². The van der Waals surface area contributed by atoms with Gasteiger partial charge in [0.2, 0.25) is 0 Å². The Bertz CT molecular complexity index is 1150. The van der Waals surface area contributed by atoms with E-state index in [0.29, 0.717) is 0 Å². The van der Waals surface area contributed by atoms with Gasteiger partial charge >= 0.3 is 214 Å². The topological polar surface area (TPSA) is 0 Å². The van der Waals surface area contributed by atoms with Gasteiger partial charge < -0.3 is 37.2 Å². The first-order chi connectivity index (χ1) is 15.5. The van der Waals surface area contributed by atoms with Gasteiger partial charge in [-0.15, -0.1) is 0 Å². The second-order valence-corrected chi connectivity index (χ2v) is 14.9. The van der Waals surface area contributed by atoms with E-state index in [2.05, 4.69) is 130 Å². The standard InChI is InChI=1S/C31H35Si.3ClH.Ti/c1-20-9-21(2)14-28(13-20)32(31-19-26(7)12-27(31)8,29-15-22(3)10-23(4)16-29)30-17-24(5)11-25(6)18-30;;;;/h9-11,13-18H,19H2,1-8H3;3*1H;/q;;;;+3/p-3. The number of rotatable bonds is 4. The van der Waals surface area contributed by atoms with Gasteiger partial charge in [-0.3, -0.25) is 0 Å². The minimum atomic E-state index is -2.49. The van der Waals surface area contributed by atoms with E-state index < -0.39 is 8.07 Å². The van der Waals surface area contributed by atoms with Gasteiger partial charge in [0.25, 0.3) is 0 Å². The van der Waals surface area contributed by atoms with Crippen LogP contribution >= 0.6 is 0 Å². The van der Waals surface area contributed by atoms with Gasteiger partial charge in [0.05, 0.1) is 0 Å². The summed E-state index contributed by atoms with van der Waals surface area (Å²) in [6, 6.07) is 21.9. The Labute approximate surface area is 249 Å². The molecule has 0 N–H and O–H groups in total. The van der Waals surface area contributed by atoms with Crippen molar-refractivity contribution in [2.75, 3.05) is 0 Å². The third-order valence-electron chi connectivity index (χ3n) is 7.11. The molecule has 0 heterocycles. The Hall–Kier alpha value is -1.06. The van der Waals surface area contributed by atoms with E-state index in [4.69, 9.17) is 0 Å². The fourth-order valence-corrected chi connectivity index (χ4v) is 12.5. The van der Waals surface area contributed by atoms with Gasteiger partial charge in [-0.2, -0.15) is 0 Å². The first kappa shape index (κ1) is 33.0. The third-order valence-corrected chi connectivity index (χ3v) is 13.3. The molecule has 4 rings (SSSR count). The Morgan fingerprint density at radius 3 is 1.00 bits per heavy atom. The maximum absolute atomic E-state index is 2.49. The Morgan fingerprint density at radius 1 is 0.500 bits per heavy atom. The number of benzene rings is 3. The molecular formula is C31H35Cl3SiTi. The number of aryl methyl sites for hydroxylation is 6. The Kier molecular flexibility index (Phi) is 11.6. The smallest absolute Gasteiger partial charge is 1.00 e. The molecule has 188 valence electrons. The summed E-state index contributed by atoms with van der Waals surface area (Å²) in [6.07, 6.45) is 1.08. The maximum Gasteiger partial charge on any atom is -1.00 e. The van der Waals surface area contributed by atoms with Gasteiger partial charge in [0.1, 0.15) is 0 Å². The molecule has 0 saturated carbocycles. The van der Waals surface area contributed by atoms with Crippen molar-refractivity contribution in [2.45, 2.75) is 61.8 Å². The summed E-state index contributed by atoms with van der Waals surface area (Å²) >= 11 is 2.32. The maximum atomic E-state index is 2.48. The number of hydrogen-bond donors (Lipinski definition) is 0. The zero-order valence-electron chi connectivity index (χ0n) is 22.5. The first-order valence-corrected chi connectivity index (χ1v) is 14.7. The monoisotopic (exact) mass is 588 g/mol. The van der Waals surface area contributed by atoms with E-state index in [9.17, 15) is 0 Å². The predicted octanol–water partition coefficient (Wildman–Crippen LogP) is -2.90. The van der Waals surface area contributed by atoms with Crippen LogP contribution in [0.15, 0.2) is 74.8 Å². The second kappa shape index (κ2) is 12.7. The Balaban J connectivity index is 0.00000216. The van der Waals surface area contributed by atoms with Crippen LogP contribution in [-0.2, 0) is 20.4 Å². The summed E-state index contributed by atoms with van der Waals surface area (Å²) in [4.78, 5) is 0. The summed E-state index contributed by atoms with van der Waals surface area (Å²) in [5.74, 6) is 0. The quantitative estimate of drug-likeness (QED) is 0.227. The average molecular weight is 590 g/mol. The van der Waals surface area contributed by atoms with Crippen molar-refractivity contribution in [3.05, 3.63) is 108 Å². The molecule has 0 fully saturated rings. The number of allylic oxidation sites excluding steroid dienone is 4. The number of hydrogen-bond acceptors (Lipinski definition) is 0. The summed E-state index contributed by atoms with van der Waals surface area (Å²) in [7, 11) is -2.49. The van der Waals surface area contributed by atoms with Gasteiger partial charge in [0.15, 0.2) is 0 Å². The molecular weight excluding hydrogens is 555 g/mol. The van der Waals surface area contributed by atoms with Crippen LogP contribution < -0.4 is 52.8 Å². The molecule has 0 radical (unpaired) electrons. The molecule has 0 amide bonds. The molecule has 5 heteroatoms. The van der Waals surface area contributed by atoms with Crippen molar-refractivity contribution >= 4 is 23.6 Å². The molecule has 3 aromatic carbocycles. The molecule has 0 spiro atoms. The molecule has 1 aliphatic carbocycles. The van der Waals surface area contributed by atoms with Crippen molar-refractivity contribution in [3.63, 3.8) is 0 Å². The average Bonchev–Trinajstić information content (AvgIpc) is 2.94. The molecule has 0 aliphatic heterocycles. The first-order valence-electron chi connectivity index (χ1n) is 11.9. The fraction of sp³-hybridized carbons (Fsp3) is 0.290.